The molecule has 0 saturated carbocycles. The highest BCUT2D eigenvalue weighted by atomic mass is 16.6. The smallest absolute Gasteiger partial charge is 0.269 e. The molecule has 9 heteroatoms. The van der Waals surface area contributed by atoms with Crippen molar-refractivity contribution in [3.8, 4) is 5.75 Å². The van der Waals surface area contributed by atoms with E-state index in [2.05, 4.69) is 0 Å². The average molecular weight is 511 g/mol. The maximum atomic E-state index is 13.8. The fourth-order valence-electron chi connectivity index (χ4n) is 6.43. The molecule has 0 spiro atoms. The number of amides is 2. The first-order chi connectivity index (χ1) is 18.2. The highest BCUT2D eigenvalue weighted by molar-refractivity contribution is 6.25. The van der Waals surface area contributed by atoms with Gasteiger partial charge in [-0.3, -0.25) is 34.2 Å². The lowest BCUT2D eigenvalue weighted by Crippen LogP contribution is -2.39. The Labute approximate surface area is 216 Å². The molecule has 1 aliphatic heterocycles. The third kappa shape index (κ3) is 3.31. The number of para-hydroxylation sites is 1. The van der Waals surface area contributed by atoms with E-state index in [-0.39, 0.29) is 41.5 Å². The lowest BCUT2D eigenvalue weighted by Gasteiger charge is -2.42. The topological polar surface area (TPSA) is 135 Å². The minimum absolute atomic E-state index is 0.0261. The van der Waals surface area contributed by atoms with Crippen LogP contribution < -0.4 is 4.90 Å². The van der Waals surface area contributed by atoms with Crippen LogP contribution in [-0.2, 0) is 19.2 Å². The molecular weight excluding hydrogens is 488 g/mol. The van der Waals surface area contributed by atoms with Crippen molar-refractivity contribution in [1.29, 1.82) is 0 Å². The number of Topliss-reactive ketones (excluding diaryl/α,β-unsaturated/α-hetero) is 1. The number of benzene rings is 2. The van der Waals surface area contributed by atoms with E-state index in [0.29, 0.717) is 22.3 Å². The number of fused-ring (bicyclic) bond motifs is 3. The van der Waals surface area contributed by atoms with Crippen molar-refractivity contribution < 1.29 is 29.2 Å². The van der Waals surface area contributed by atoms with Crippen LogP contribution in [0.5, 0.6) is 5.75 Å². The van der Waals surface area contributed by atoms with Crippen molar-refractivity contribution in [3.05, 3.63) is 98.7 Å². The molecule has 3 aliphatic carbocycles. The van der Waals surface area contributed by atoms with E-state index in [9.17, 15) is 34.4 Å². The number of anilines is 1. The number of aromatic hydroxyl groups is 1. The fraction of sp³-hybridized carbons (Fsp3) is 0.241. The van der Waals surface area contributed by atoms with Crippen LogP contribution in [0.3, 0.4) is 0 Å². The van der Waals surface area contributed by atoms with E-state index in [1.165, 1.54) is 36.4 Å². The molecule has 0 radical (unpaired) electrons. The second-order valence-corrected chi connectivity index (χ2v) is 10.1. The third-order valence-corrected chi connectivity index (χ3v) is 8.13. The second kappa shape index (κ2) is 8.44. The third-order valence-electron chi connectivity index (χ3n) is 8.13. The first-order valence-electron chi connectivity index (χ1n) is 12.3. The molecule has 2 aromatic rings. The molecule has 1 fully saturated rings. The second-order valence-electron chi connectivity index (χ2n) is 10.1. The zero-order valence-electron chi connectivity index (χ0n) is 20.3. The summed E-state index contributed by atoms with van der Waals surface area (Å²) in [5.74, 6) is -4.11. The molecular formula is C29H22N2O7. The molecule has 0 bridgehead atoms. The summed E-state index contributed by atoms with van der Waals surface area (Å²) >= 11 is 0. The number of carbonyl (C=O) groups is 4. The van der Waals surface area contributed by atoms with Crippen molar-refractivity contribution >= 4 is 34.8 Å². The number of phenols is 1. The molecule has 4 aliphatic rings. The molecule has 190 valence electrons. The number of imide groups is 1. The quantitative estimate of drug-likeness (QED) is 0.217. The Morgan fingerprint density at radius 2 is 1.68 bits per heavy atom. The maximum absolute atomic E-state index is 13.8. The number of nitro groups is 1. The number of hydrogen-bond donors (Lipinski definition) is 1. The maximum Gasteiger partial charge on any atom is 0.269 e. The van der Waals surface area contributed by atoms with E-state index >= 15 is 0 Å². The Balaban J connectivity index is 1.46. The molecule has 6 rings (SSSR count). The van der Waals surface area contributed by atoms with E-state index in [1.54, 1.807) is 25.1 Å². The number of nitro benzene ring substituents is 1. The molecule has 1 saturated heterocycles. The summed E-state index contributed by atoms with van der Waals surface area (Å²) < 4.78 is 0. The van der Waals surface area contributed by atoms with E-state index < -0.39 is 40.4 Å². The number of rotatable bonds is 3. The lowest BCUT2D eigenvalue weighted by molar-refractivity contribution is -0.384. The molecule has 38 heavy (non-hydrogen) atoms. The van der Waals surface area contributed by atoms with Gasteiger partial charge in [0, 0.05) is 40.3 Å². The molecule has 2 aromatic carbocycles. The number of carbonyl (C=O) groups excluding carboxylic acids is 4. The summed E-state index contributed by atoms with van der Waals surface area (Å²) in [6.45, 7) is 1.59. The van der Waals surface area contributed by atoms with Gasteiger partial charge in [-0.1, -0.05) is 29.8 Å². The normalized spacial score (nSPS) is 26.5. The SMILES string of the molecule is CC1=CC(=O)C2=C(C1=O)C(c1ccccc1O)C1=CCC3C(=O)N(c4ccc([N+](=O)[O-])cc4)C(=O)C3C1C2. The van der Waals surface area contributed by atoms with Gasteiger partial charge in [0.05, 0.1) is 22.4 Å². The Morgan fingerprint density at radius 1 is 0.974 bits per heavy atom. The Bertz CT molecular complexity index is 1560. The van der Waals surface area contributed by atoms with Crippen LogP contribution in [0.1, 0.15) is 31.2 Å². The highest BCUT2D eigenvalue weighted by Gasteiger charge is 2.56. The van der Waals surface area contributed by atoms with Gasteiger partial charge in [-0.25, -0.2) is 0 Å². The van der Waals surface area contributed by atoms with Crippen molar-refractivity contribution in [1.82, 2.24) is 0 Å². The Kier molecular flexibility index (Phi) is 5.27. The van der Waals surface area contributed by atoms with Gasteiger partial charge in [0.1, 0.15) is 5.75 Å². The number of ketones is 2. The Morgan fingerprint density at radius 3 is 2.37 bits per heavy atom. The molecule has 1 heterocycles. The summed E-state index contributed by atoms with van der Waals surface area (Å²) in [5, 5.41) is 21.8. The number of allylic oxidation sites excluding steroid dienone is 6. The van der Waals surface area contributed by atoms with Gasteiger partial charge in [0.25, 0.3) is 5.69 Å². The van der Waals surface area contributed by atoms with Gasteiger partial charge in [-0.05, 0) is 50.0 Å². The standard InChI is InChI=1S/C29H22N2O7/c1-14-12-23(33)21-13-20-17(24(26(21)27(14)34)18-4-2-3-5-22(18)32)10-11-19-25(20)29(36)30(28(19)35)15-6-8-16(9-7-15)31(37)38/h2-10,12,19-20,24-25,32H,11,13H2,1H3. The molecule has 9 nitrogen and oxygen atoms in total. The van der Waals surface area contributed by atoms with Gasteiger partial charge >= 0.3 is 0 Å². The van der Waals surface area contributed by atoms with Crippen LogP contribution in [0.15, 0.2) is 83.0 Å². The molecule has 2 amide bonds. The fourth-order valence-corrected chi connectivity index (χ4v) is 6.43. The monoisotopic (exact) mass is 510 g/mol. The molecule has 1 N–H and O–H groups in total. The first kappa shape index (κ1) is 23.7. The minimum atomic E-state index is -0.769. The number of non-ortho nitro benzene ring substituents is 1. The lowest BCUT2D eigenvalue weighted by atomic mass is 9.59. The van der Waals surface area contributed by atoms with E-state index in [4.69, 9.17) is 0 Å². The van der Waals surface area contributed by atoms with Gasteiger partial charge < -0.3 is 5.11 Å². The minimum Gasteiger partial charge on any atom is -0.508 e. The number of phenolic OH excluding ortho intramolecular Hbond substituents is 1. The van der Waals surface area contributed by atoms with Crippen LogP contribution in [0.2, 0.25) is 0 Å². The first-order valence-corrected chi connectivity index (χ1v) is 12.3. The van der Waals surface area contributed by atoms with Crippen LogP contribution in [0.25, 0.3) is 0 Å². The summed E-state index contributed by atoms with van der Waals surface area (Å²) in [6, 6.07) is 11.9. The predicted molar refractivity (Wildman–Crippen MR) is 135 cm³/mol. The highest BCUT2D eigenvalue weighted by Crippen LogP contribution is 2.56. The number of hydrogen-bond acceptors (Lipinski definition) is 7. The van der Waals surface area contributed by atoms with Crippen LogP contribution >= 0.6 is 0 Å². The van der Waals surface area contributed by atoms with Gasteiger partial charge in [0.2, 0.25) is 11.8 Å². The molecule has 4 unspecified atom stereocenters. The van der Waals surface area contributed by atoms with Gasteiger partial charge in [-0.15, -0.1) is 0 Å². The summed E-state index contributed by atoms with van der Waals surface area (Å²) in [4.78, 5) is 65.3. The number of nitrogens with zero attached hydrogens (tertiary/aromatic N) is 2. The largest absolute Gasteiger partial charge is 0.508 e. The zero-order valence-corrected chi connectivity index (χ0v) is 20.3. The van der Waals surface area contributed by atoms with Crippen LogP contribution in [-0.4, -0.2) is 33.4 Å². The molecule has 4 atom stereocenters. The summed E-state index contributed by atoms with van der Waals surface area (Å²) in [7, 11) is 0. The van der Waals surface area contributed by atoms with Crippen molar-refractivity contribution in [2.24, 2.45) is 17.8 Å². The Hall–Kier alpha value is -4.66. The molecule has 0 aromatic heterocycles. The van der Waals surface area contributed by atoms with Crippen LogP contribution in [0.4, 0.5) is 11.4 Å². The van der Waals surface area contributed by atoms with Crippen molar-refractivity contribution in [3.63, 3.8) is 0 Å². The summed E-state index contributed by atoms with van der Waals surface area (Å²) in [6.07, 6.45) is 3.58. The van der Waals surface area contributed by atoms with Gasteiger partial charge in [-0.2, -0.15) is 0 Å². The average Bonchev–Trinajstić information content (AvgIpc) is 3.16. The predicted octanol–water partition coefficient (Wildman–Crippen LogP) is 3.93. The van der Waals surface area contributed by atoms with E-state index in [1.807, 2.05) is 6.08 Å². The van der Waals surface area contributed by atoms with Crippen molar-refractivity contribution in [2.75, 3.05) is 4.90 Å². The van der Waals surface area contributed by atoms with Crippen LogP contribution in [0, 0.1) is 27.9 Å². The van der Waals surface area contributed by atoms with E-state index in [0.717, 1.165) is 10.5 Å². The van der Waals surface area contributed by atoms with Crippen molar-refractivity contribution in [2.45, 2.75) is 25.7 Å². The van der Waals surface area contributed by atoms with Gasteiger partial charge in [0.15, 0.2) is 11.6 Å². The summed E-state index contributed by atoms with van der Waals surface area (Å²) in [5.41, 5.74) is 2.25. The zero-order chi connectivity index (χ0) is 26.9.